The van der Waals surface area contributed by atoms with Crippen LogP contribution in [-0.2, 0) is 14.8 Å². The predicted octanol–water partition coefficient (Wildman–Crippen LogP) is 2.92. The maximum Gasteiger partial charge on any atom is 0.248 e. The molecule has 27 heavy (non-hydrogen) atoms. The summed E-state index contributed by atoms with van der Waals surface area (Å²) in [5.41, 5.74) is 1.73. The van der Waals surface area contributed by atoms with Crippen LogP contribution in [0.25, 0.3) is 17.2 Å². The molecule has 7 nitrogen and oxygen atoms in total. The van der Waals surface area contributed by atoms with Crippen LogP contribution in [0.2, 0.25) is 0 Å². The average molecular weight is 383 g/mol. The molecule has 0 saturated heterocycles. The van der Waals surface area contributed by atoms with Crippen molar-refractivity contribution in [2.45, 2.75) is 23.8 Å². The van der Waals surface area contributed by atoms with Crippen LogP contribution in [-0.4, -0.2) is 25.4 Å². The van der Waals surface area contributed by atoms with Crippen LogP contribution in [0.3, 0.4) is 0 Å². The van der Waals surface area contributed by atoms with Crippen LogP contribution in [0, 0.1) is 0 Å². The number of oxazole rings is 1. The zero-order valence-electron chi connectivity index (χ0n) is 14.3. The first-order valence-electron chi connectivity index (χ1n) is 8.47. The van der Waals surface area contributed by atoms with Gasteiger partial charge in [0.2, 0.25) is 21.8 Å². The summed E-state index contributed by atoms with van der Waals surface area (Å²) in [6.07, 6.45) is 4.46. The number of nitrogens with one attached hydrogen (secondary N) is 2. The van der Waals surface area contributed by atoms with E-state index in [0.717, 1.165) is 12.8 Å². The maximum absolute atomic E-state index is 12.3. The summed E-state index contributed by atoms with van der Waals surface area (Å²) in [5.74, 6) is -0.0988. The number of amides is 1. The Balaban J connectivity index is 1.45. The Labute approximate surface area is 156 Å². The van der Waals surface area contributed by atoms with E-state index in [-0.39, 0.29) is 10.9 Å². The number of sulfonamides is 1. The molecule has 138 valence electrons. The van der Waals surface area contributed by atoms with Crippen molar-refractivity contribution in [3.05, 3.63) is 60.5 Å². The van der Waals surface area contributed by atoms with Crippen LogP contribution in [0.1, 0.15) is 18.7 Å². The maximum atomic E-state index is 12.3. The number of hydrogen-bond acceptors (Lipinski definition) is 5. The highest BCUT2D eigenvalue weighted by Gasteiger charge is 2.28. The number of aromatic nitrogens is 1. The zero-order valence-corrected chi connectivity index (χ0v) is 15.1. The van der Waals surface area contributed by atoms with Gasteiger partial charge in [0.1, 0.15) is 5.52 Å². The van der Waals surface area contributed by atoms with Crippen molar-refractivity contribution in [3.8, 4) is 0 Å². The molecule has 2 aromatic carbocycles. The fourth-order valence-corrected chi connectivity index (χ4v) is 3.87. The number of benzene rings is 2. The first-order valence-corrected chi connectivity index (χ1v) is 9.95. The Morgan fingerprint density at radius 3 is 2.74 bits per heavy atom. The highest BCUT2D eigenvalue weighted by molar-refractivity contribution is 7.89. The molecule has 0 radical (unpaired) electrons. The number of para-hydroxylation sites is 2. The van der Waals surface area contributed by atoms with Crippen molar-refractivity contribution in [2.75, 3.05) is 5.32 Å². The van der Waals surface area contributed by atoms with Gasteiger partial charge in [0.15, 0.2) is 5.58 Å². The minimum absolute atomic E-state index is 0.0208. The van der Waals surface area contributed by atoms with Gasteiger partial charge in [-0.15, -0.1) is 0 Å². The van der Waals surface area contributed by atoms with Gasteiger partial charge in [-0.25, -0.2) is 18.1 Å². The van der Waals surface area contributed by atoms with Crippen LogP contribution in [0.5, 0.6) is 0 Å². The SMILES string of the molecule is O=C(/C=C/c1nc2ccccc2o1)Nc1cccc(S(=O)(=O)NC2CC2)c1. The Hall–Kier alpha value is -2.97. The van der Waals surface area contributed by atoms with Crippen LogP contribution < -0.4 is 10.0 Å². The van der Waals surface area contributed by atoms with E-state index in [1.807, 2.05) is 18.2 Å². The van der Waals surface area contributed by atoms with E-state index >= 15 is 0 Å². The standard InChI is InChI=1S/C19H17N3O4S/c23-18(10-11-19-21-16-6-1-2-7-17(16)26-19)20-14-4-3-5-15(12-14)27(24,25)22-13-8-9-13/h1-7,10-13,22H,8-9H2,(H,20,23)/b11-10+. The molecule has 1 amide bonds. The molecule has 2 N–H and O–H groups in total. The fraction of sp³-hybridized carbons (Fsp3) is 0.158. The molecule has 0 unspecified atom stereocenters. The molecule has 0 atom stereocenters. The second-order valence-electron chi connectivity index (χ2n) is 6.27. The molecule has 4 rings (SSSR count). The first kappa shape index (κ1) is 17.4. The quantitative estimate of drug-likeness (QED) is 0.637. The fourth-order valence-electron chi connectivity index (χ4n) is 2.52. The van der Waals surface area contributed by atoms with Crippen molar-refractivity contribution in [1.29, 1.82) is 0 Å². The number of nitrogens with zero attached hydrogens (tertiary/aromatic N) is 1. The molecule has 0 aliphatic heterocycles. The smallest absolute Gasteiger partial charge is 0.248 e. The summed E-state index contributed by atoms with van der Waals surface area (Å²) in [5, 5.41) is 2.64. The number of fused-ring (bicyclic) bond motifs is 1. The lowest BCUT2D eigenvalue weighted by atomic mass is 10.3. The predicted molar refractivity (Wildman–Crippen MR) is 101 cm³/mol. The highest BCUT2D eigenvalue weighted by atomic mass is 32.2. The van der Waals surface area contributed by atoms with Crippen molar-refractivity contribution in [1.82, 2.24) is 9.71 Å². The van der Waals surface area contributed by atoms with E-state index < -0.39 is 15.9 Å². The minimum atomic E-state index is -3.57. The molecule has 1 aliphatic rings. The number of carbonyl (C=O) groups excluding carboxylic acids is 1. The first-order chi connectivity index (χ1) is 13.0. The Morgan fingerprint density at radius 1 is 1.15 bits per heavy atom. The van der Waals surface area contributed by atoms with E-state index in [1.165, 1.54) is 24.3 Å². The van der Waals surface area contributed by atoms with E-state index in [1.54, 1.807) is 18.2 Å². The summed E-state index contributed by atoms with van der Waals surface area (Å²) < 4.78 is 32.6. The van der Waals surface area contributed by atoms with Crippen molar-refractivity contribution in [3.63, 3.8) is 0 Å². The van der Waals surface area contributed by atoms with Gasteiger partial charge in [0.25, 0.3) is 0 Å². The number of anilines is 1. The third-order valence-electron chi connectivity index (χ3n) is 4.00. The van der Waals surface area contributed by atoms with Crippen LogP contribution >= 0.6 is 0 Å². The van der Waals surface area contributed by atoms with E-state index in [9.17, 15) is 13.2 Å². The molecule has 1 aliphatic carbocycles. The van der Waals surface area contributed by atoms with Crippen LogP contribution in [0.4, 0.5) is 5.69 Å². The molecule has 3 aromatic rings. The zero-order chi connectivity index (χ0) is 18.9. The third-order valence-corrected chi connectivity index (χ3v) is 5.52. The molecular formula is C19H17N3O4S. The second-order valence-corrected chi connectivity index (χ2v) is 7.98. The normalized spacial score (nSPS) is 14.7. The lowest BCUT2D eigenvalue weighted by Crippen LogP contribution is -2.25. The Kier molecular flexibility index (Phi) is 4.51. The topological polar surface area (TPSA) is 101 Å². The van der Waals surface area contributed by atoms with Gasteiger partial charge in [-0.05, 0) is 43.2 Å². The van der Waals surface area contributed by atoms with Crippen LogP contribution in [0.15, 0.2) is 63.9 Å². The lowest BCUT2D eigenvalue weighted by Gasteiger charge is -2.08. The Morgan fingerprint density at radius 2 is 1.96 bits per heavy atom. The molecule has 0 bridgehead atoms. The second kappa shape index (κ2) is 6.98. The van der Waals surface area contributed by atoms with Crippen molar-refractivity contribution in [2.24, 2.45) is 0 Å². The van der Waals surface area contributed by atoms with Gasteiger partial charge < -0.3 is 9.73 Å². The van der Waals surface area contributed by atoms with Gasteiger partial charge in [-0.1, -0.05) is 18.2 Å². The molecule has 0 spiro atoms. The van der Waals surface area contributed by atoms with Crippen molar-refractivity contribution >= 4 is 38.8 Å². The summed E-state index contributed by atoms with van der Waals surface area (Å²) in [7, 11) is -3.57. The number of rotatable bonds is 6. The van der Waals surface area contributed by atoms with Gasteiger partial charge in [0.05, 0.1) is 4.90 Å². The highest BCUT2D eigenvalue weighted by Crippen LogP contribution is 2.23. The van der Waals surface area contributed by atoms with E-state index in [2.05, 4.69) is 15.0 Å². The number of hydrogen-bond donors (Lipinski definition) is 2. The minimum Gasteiger partial charge on any atom is -0.437 e. The molecule has 1 heterocycles. The summed E-state index contributed by atoms with van der Waals surface area (Å²) in [6.45, 7) is 0. The third kappa shape index (κ3) is 4.24. The molecule has 8 heteroatoms. The lowest BCUT2D eigenvalue weighted by molar-refractivity contribution is -0.111. The molecule has 1 saturated carbocycles. The summed E-state index contributed by atoms with van der Waals surface area (Å²) in [4.78, 5) is 16.5. The Bertz CT molecular complexity index is 1100. The molecular weight excluding hydrogens is 366 g/mol. The molecule has 1 fully saturated rings. The average Bonchev–Trinajstić information content (AvgIpc) is 3.34. The van der Waals surface area contributed by atoms with Gasteiger partial charge in [0, 0.05) is 23.9 Å². The summed E-state index contributed by atoms with van der Waals surface area (Å²) >= 11 is 0. The van der Waals surface area contributed by atoms with Gasteiger partial charge in [-0.3, -0.25) is 4.79 Å². The van der Waals surface area contributed by atoms with Crippen molar-refractivity contribution < 1.29 is 17.6 Å². The summed E-state index contributed by atoms with van der Waals surface area (Å²) in [6, 6.07) is 13.5. The van der Waals surface area contributed by atoms with Gasteiger partial charge in [-0.2, -0.15) is 0 Å². The monoisotopic (exact) mass is 383 g/mol. The largest absolute Gasteiger partial charge is 0.437 e. The molecule has 1 aromatic heterocycles. The van der Waals surface area contributed by atoms with E-state index in [0.29, 0.717) is 22.7 Å². The van der Waals surface area contributed by atoms with Gasteiger partial charge >= 0.3 is 0 Å². The number of carbonyl (C=O) groups is 1. The van der Waals surface area contributed by atoms with E-state index in [4.69, 9.17) is 4.42 Å².